The van der Waals surface area contributed by atoms with Crippen molar-refractivity contribution in [2.45, 2.75) is 19.8 Å². The molecule has 10 heteroatoms. The molecule has 3 amide bonds. The monoisotopic (exact) mass is 384 g/mol. The molecule has 0 unspecified atom stereocenters. The molecule has 25 heavy (non-hydrogen) atoms. The molecule has 0 aliphatic heterocycles. The SMILES string of the molecule is CNC(=O)Nc1sc2c(C(C)C)cc(NS(C)(=O)=O)cc2c1C(N)=O. The minimum atomic E-state index is -3.48. The van der Waals surface area contributed by atoms with Gasteiger partial charge in [-0.05, 0) is 23.6 Å². The third kappa shape index (κ3) is 4.20. The molecular weight excluding hydrogens is 364 g/mol. The molecule has 0 bridgehead atoms. The normalized spacial score (nSPS) is 11.6. The second kappa shape index (κ2) is 6.89. The smallest absolute Gasteiger partial charge is 0.319 e. The van der Waals surface area contributed by atoms with Crippen molar-refractivity contribution in [1.82, 2.24) is 5.32 Å². The van der Waals surface area contributed by atoms with E-state index < -0.39 is 22.0 Å². The minimum Gasteiger partial charge on any atom is -0.365 e. The summed E-state index contributed by atoms with van der Waals surface area (Å²) in [5.41, 5.74) is 6.85. The van der Waals surface area contributed by atoms with Gasteiger partial charge >= 0.3 is 6.03 Å². The van der Waals surface area contributed by atoms with E-state index in [1.54, 1.807) is 12.1 Å². The van der Waals surface area contributed by atoms with Gasteiger partial charge in [-0.15, -0.1) is 11.3 Å². The third-order valence-electron chi connectivity index (χ3n) is 3.44. The second-order valence-electron chi connectivity index (χ2n) is 5.85. The van der Waals surface area contributed by atoms with Crippen LogP contribution in [0.2, 0.25) is 0 Å². The summed E-state index contributed by atoms with van der Waals surface area (Å²) in [5, 5.41) is 5.83. The quantitative estimate of drug-likeness (QED) is 0.630. The molecule has 8 nitrogen and oxygen atoms in total. The van der Waals surface area contributed by atoms with Crippen LogP contribution >= 0.6 is 11.3 Å². The Morgan fingerprint density at radius 3 is 2.36 bits per heavy atom. The predicted octanol–water partition coefficient (Wildman–Crippen LogP) is 2.25. The van der Waals surface area contributed by atoms with Crippen molar-refractivity contribution in [2.24, 2.45) is 5.73 Å². The van der Waals surface area contributed by atoms with Crippen molar-refractivity contribution in [3.63, 3.8) is 0 Å². The Morgan fingerprint density at radius 2 is 1.88 bits per heavy atom. The number of hydrogen-bond acceptors (Lipinski definition) is 5. The highest BCUT2D eigenvalue weighted by Crippen LogP contribution is 2.41. The highest BCUT2D eigenvalue weighted by molar-refractivity contribution is 7.92. The van der Waals surface area contributed by atoms with Gasteiger partial charge < -0.3 is 11.1 Å². The number of nitrogens with two attached hydrogens (primary N) is 1. The van der Waals surface area contributed by atoms with Crippen LogP contribution in [0.1, 0.15) is 35.7 Å². The fraction of sp³-hybridized carbons (Fsp3) is 0.333. The molecule has 136 valence electrons. The van der Waals surface area contributed by atoms with Crippen LogP contribution in [0.4, 0.5) is 15.5 Å². The van der Waals surface area contributed by atoms with Gasteiger partial charge in [0.05, 0.1) is 11.8 Å². The van der Waals surface area contributed by atoms with Gasteiger partial charge in [-0.25, -0.2) is 13.2 Å². The first-order valence-corrected chi connectivity index (χ1v) is 10.1. The second-order valence-corrected chi connectivity index (χ2v) is 8.61. The Bertz CT molecular complexity index is 948. The molecule has 0 saturated heterocycles. The zero-order valence-corrected chi connectivity index (χ0v) is 15.9. The van der Waals surface area contributed by atoms with Crippen molar-refractivity contribution in [2.75, 3.05) is 23.3 Å². The molecule has 0 saturated carbocycles. The molecule has 0 atom stereocenters. The van der Waals surface area contributed by atoms with Crippen molar-refractivity contribution in [3.8, 4) is 0 Å². The maximum atomic E-state index is 12.0. The molecule has 0 fully saturated rings. The van der Waals surface area contributed by atoms with Gasteiger partial charge in [-0.1, -0.05) is 13.8 Å². The lowest BCUT2D eigenvalue weighted by Crippen LogP contribution is -2.25. The van der Waals surface area contributed by atoms with E-state index in [2.05, 4.69) is 15.4 Å². The number of carbonyl (C=O) groups excluding carboxylic acids is 2. The number of sulfonamides is 1. The number of rotatable bonds is 5. The Kier molecular flexibility index (Phi) is 5.23. The average molecular weight is 384 g/mol. The fourth-order valence-electron chi connectivity index (χ4n) is 2.43. The number of primary amides is 1. The molecule has 0 aliphatic carbocycles. The van der Waals surface area contributed by atoms with Crippen molar-refractivity contribution < 1.29 is 18.0 Å². The highest BCUT2D eigenvalue weighted by Gasteiger charge is 2.22. The molecule has 1 aromatic heterocycles. The number of anilines is 2. The van der Waals surface area contributed by atoms with Gasteiger partial charge in [0.2, 0.25) is 10.0 Å². The molecule has 2 rings (SSSR count). The highest BCUT2D eigenvalue weighted by atomic mass is 32.2. The number of hydrogen-bond donors (Lipinski definition) is 4. The van der Waals surface area contributed by atoms with Gasteiger partial charge in [0.25, 0.3) is 5.91 Å². The van der Waals surface area contributed by atoms with Crippen molar-refractivity contribution in [3.05, 3.63) is 23.3 Å². The Balaban J connectivity index is 2.78. The number of carbonyl (C=O) groups is 2. The van der Waals surface area contributed by atoms with Gasteiger partial charge in [-0.3, -0.25) is 14.8 Å². The molecule has 0 spiro atoms. The van der Waals surface area contributed by atoms with Gasteiger partial charge in [-0.2, -0.15) is 0 Å². The van der Waals surface area contributed by atoms with Gasteiger partial charge in [0, 0.05) is 22.8 Å². The summed E-state index contributed by atoms with van der Waals surface area (Å²) < 4.78 is 26.3. The Morgan fingerprint density at radius 1 is 1.24 bits per heavy atom. The molecule has 0 aliphatic rings. The van der Waals surface area contributed by atoms with Crippen LogP contribution in [-0.4, -0.2) is 33.7 Å². The molecule has 0 radical (unpaired) electrons. The predicted molar refractivity (Wildman–Crippen MR) is 101 cm³/mol. The van der Waals surface area contributed by atoms with E-state index in [0.717, 1.165) is 16.5 Å². The number of nitrogens with one attached hydrogen (secondary N) is 3. The Labute approximate surface area is 149 Å². The van der Waals surface area contributed by atoms with Crippen LogP contribution in [-0.2, 0) is 10.0 Å². The summed E-state index contributed by atoms with van der Waals surface area (Å²) in [5.74, 6) is -0.639. The van der Waals surface area contributed by atoms with Crippen LogP contribution in [0.15, 0.2) is 12.1 Å². The summed E-state index contributed by atoms with van der Waals surface area (Å²) in [6.07, 6.45) is 1.05. The maximum Gasteiger partial charge on any atom is 0.319 e. The van der Waals surface area contributed by atoms with Crippen LogP contribution in [0.5, 0.6) is 0 Å². The van der Waals surface area contributed by atoms with Crippen LogP contribution in [0, 0.1) is 0 Å². The molecule has 1 aromatic carbocycles. The number of benzene rings is 1. The van der Waals surface area contributed by atoms with Crippen molar-refractivity contribution in [1.29, 1.82) is 0 Å². The number of fused-ring (bicyclic) bond motifs is 1. The largest absolute Gasteiger partial charge is 0.365 e. The van der Waals surface area contributed by atoms with Gasteiger partial charge in [0.1, 0.15) is 5.00 Å². The van der Waals surface area contributed by atoms with Crippen LogP contribution in [0.25, 0.3) is 10.1 Å². The summed E-state index contributed by atoms with van der Waals surface area (Å²) in [6.45, 7) is 3.91. The summed E-state index contributed by atoms with van der Waals surface area (Å²) in [6, 6.07) is 2.79. The third-order valence-corrected chi connectivity index (χ3v) is 5.22. The first-order valence-electron chi connectivity index (χ1n) is 7.40. The molecule has 5 N–H and O–H groups in total. The van der Waals surface area contributed by atoms with E-state index in [0.29, 0.717) is 16.1 Å². The van der Waals surface area contributed by atoms with Crippen LogP contribution in [0.3, 0.4) is 0 Å². The van der Waals surface area contributed by atoms with E-state index in [1.807, 2.05) is 13.8 Å². The minimum absolute atomic E-state index is 0.0658. The fourth-order valence-corrected chi connectivity index (χ4v) is 4.32. The number of amides is 3. The standard InChI is InChI=1S/C15H20N4O4S2/c1-7(2)9-5-8(19-25(4,22)23)6-10-11(13(16)20)14(24-12(9)10)18-15(21)17-3/h5-7,19H,1-4H3,(H2,16,20)(H2,17,18,21). The molecule has 2 aromatic rings. The summed E-state index contributed by atoms with van der Waals surface area (Å²) >= 11 is 1.23. The number of thiophene rings is 1. The maximum absolute atomic E-state index is 12.0. The lowest BCUT2D eigenvalue weighted by molar-refractivity contribution is 0.100. The zero-order valence-electron chi connectivity index (χ0n) is 14.3. The topological polar surface area (TPSA) is 130 Å². The number of urea groups is 1. The Hall–Kier alpha value is -2.33. The van der Waals surface area contributed by atoms with E-state index in [9.17, 15) is 18.0 Å². The molecular formula is C15H20N4O4S2. The first kappa shape index (κ1) is 19.0. The zero-order chi connectivity index (χ0) is 18.9. The van der Waals surface area contributed by atoms with E-state index in [4.69, 9.17) is 5.73 Å². The van der Waals surface area contributed by atoms with E-state index in [-0.39, 0.29) is 11.5 Å². The summed E-state index contributed by atoms with van der Waals surface area (Å²) in [4.78, 5) is 23.6. The van der Waals surface area contributed by atoms with Gasteiger partial charge in [0.15, 0.2) is 0 Å². The van der Waals surface area contributed by atoms with Crippen LogP contribution < -0.4 is 21.1 Å². The first-order chi connectivity index (χ1) is 11.5. The average Bonchev–Trinajstić information content (AvgIpc) is 2.82. The lowest BCUT2D eigenvalue weighted by atomic mass is 9.99. The van der Waals surface area contributed by atoms with Crippen molar-refractivity contribution >= 4 is 54.1 Å². The van der Waals surface area contributed by atoms with E-state index >= 15 is 0 Å². The van der Waals surface area contributed by atoms with E-state index in [1.165, 1.54) is 18.4 Å². The molecule has 1 heterocycles. The lowest BCUT2D eigenvalue weighted by Gasteiger charge is -2.11. The summed E-state index contributed by atoms with van der Waals surface area (Å²) in [7, 11) is -2.02.